The van der Waals surface area contributed by atoms with Gasteiger partial charge in [-0.2, -0.15) is 0 Å². The van der Waals surface area contributed by atoms with Crippen molar-refractivity contribution in [3.63, 3.8) is 0 Å². The molecule has 2 saturated heterocycles. The van der Waals surface area contributed by atoms with Crippen LogP contribution in [0.25, 0.3) is 0 Å². The van der Waals surface area contributed by atoms with Gasteiger partial charge in [0.2, 0.25) is 0 Å². The van der Waals surface area contributed by atoms with Crippen molar-refractivity contribution in [1.82, 2.24) is 4.90 Å². The van der Waals surface area contributed by atoms with Crippen LogP contribution in [0.3, 0.4) is 0 Å². The number of carbonyl (C=O) groups is 1. The van der Waals surface area contributed by atoms with Crippen LogP contribution < -0.4 is 10.2 Å². The Morgan fingerprint density at radius 1 is 1.00 bits per heavy atom. The van der Waals surface area contributed by atoms with Crippen molar-refractivity contribution in [1.29, 1.82) is 0 Å². The molecule has 5 nitrogen and oxygen atoms in total. The van der Waals surface area contributed by atoms with Gasteiger partial charge in [-0.05, 0) is 61.8 Å². The lowest BCUT2D eigenvalue weighted by atomic mass is 10.1. The molecule has 154 valence electrons. The summed E-state index contributed by atoms with van der Waals surface area (Å²) < 4.78 is 19.6. The van der Waals surface area contributed by atoms with Gasteiger partial charge < -0.3 is 15.0 Å². The number of nitrogens with zero attached hydrogens (tertiary/aromatic N) is 2. The van der Waals surface area contributed by atoms with E-state index in [9.17, 15) is 9.18 Å². The van der Waals surface area contributed by atoms with Crippen molar-refractivity contribution in [2.75, 3.05) is 49.6 Å². The largest absolute Gasteiger partial charge is 0.378 e. The fourth-order valence-corrected chi connectivity index (χ4v) is 4.03. The van der Waals surface area contributed by atoms with Crippen LogP contribution in [0.2, 0.25) is 0 Å². The number of hydrogen-bond donors (Lipinski definition) is 1. The molecule has 1 amide bonds. The molecule has 0 atom stereocenters. The summed E-state index contributed by atoms with van der Waals surface area (Å²) in [6, 6.07) is 12.5. The summed E-state index contributed by atoms with van der Waals surface area (Å²) in [5.74, 6) is -0.460. The number of nitrogens with one attached hydrogen (secondary N) is 1. The van der Waals surface area contributed by atoms with E-state index >= 15 is 0 Å². The summed E-state index contributed by atoms with van der Waals surface area (Å²) in [5.41, 5.74) is 2.87. The summed E-state index contributed by atoms with van der Waals surface area (Å²) in [5, 5.41) is 2.92. The number of carbonyl (C=O) groups excluding carboxylic acids is 1. The van der Waals surface area contributed by atoms with Crippen LogP contribution in [-0.4, -0.2) is 50.2 Å². The van der Waals surface area contributed by atoms with Gasteiger partial charge in [0.25, 0.3) is 5.91 Å². The van der Waals surface area contributed by atoms with Crippen LogP contribution in [-0.2, 0) is 11.3 Å². The SMILES string of the molecule is O=C(Nc1ccc(F)c(N2CCOCC2)c1)c1cccc(CN2CCCCC2)c1. The van der Waals surface area contributed by atoms with Gasteiger partial charge in [0, 0.05) is 30.9 Å². The zero-order valence-corrected chi connectivity index (χ0v) is 16.7. The highest BCUT2D eigenvalue weighted by Crippen LogP contribution is 2.25. The number of morpholine rings is 1. The molecule has 2 aliphatic heterocycles. The lowest BCUT2D eigenvalue weighted by molar-refractivity contribution is 0.102. The minimum atomic E-state index is -0.284. The molecule has 1 N–H and O–H groups in total. The molecular formula is C23H28FN3O2. The monoisotopic (exact) mass is 397 g/mol. The number of rotatable bonds is 5. The Morgan fingerprint density at radius 2 is 1.79 bits per heavy atom. The second-order valence-corrected chi connectivity index (χ2v) is 7.76. The van der Waals surface area contributed by atoms with Crippen LogP contribution >= 0.6 is 0 Å². The number of halogens is 1. The molecule has 6 heteroatoms. The quantitative estimate of drug-likeness (QED) is 0.831. The van der Waals surface area contributed by atoms with E-state index < -0.39 is 0 Å². The van der Waals surface area contributed by atoms with Crippen LogP contribution in [0.4, 0.5) is 15.8 Å². The first-order chi connectivity index (χ1) is 14.2. The number of ether oxygens (including phenoxy) is 1. The average molecular weight is 397 g/mol. The van der Waals surface area contributed by atoms with Gasteiger partial charge in [-0.25, -0.2) is 4.39 Å². The van der Waals surface area contributed by atoms with Crippen molar-refractivity contribution >= 4 is 17.3 Å². The van der Waals surface area contributed by atoms with E-state index in [-0.39, 0.29) is 11.7 Å². The normalized spacial score (nSPS) is 17.9. The van der Waals surface area contributed by atoms with Crippen molar-refractivity contribution in [3.8, 4) is 0 Å². The van der Waals surface area contributed by atoms with Gasteiger partial charge in [0.1, 0.15) is 5.82 Å². The summed E-state index contributed by atoms with van der Waals surface area (Å²) in [7, 11) is 0. The summed E-state index contributed by atoms with van der Waals surface area (Å²) in [4.78, 5) is 17.2. The predicted molar refractivity (Wildman–Crippen MR) is 113 cm³/mol. The molecule has 0 radical (unpaired) electrons. The van der Waals surface area contributed by atoms with E-state index in [0.29, 0.717) is 43.2 Å². The number of hydrogen-bond acceptors (Lipinski definition) is 4. The molecule has 2 aromatic carbocycles. The minimum Gasteiger partial charge on any atom is -0.378 e. The van der Waals surface area contributed by atoms with Gasteiger partial charge in [-0.1, -0.05) is 18.6 Å². The van der Waals surface area contributed by atoms with Crippen LogP contribution in [0.5, 0.6) is 0 Å². The fourth-order valence-electron chi connectivity index (χ4n) is 4.03. The highest BCUT2D eigenvalue weighted by Gasteiger charge is 2.17. The van der Waals surface area contributed by atoms with E-state index in [1.165, 1.54) is 25.3 Å². The first-order valence-corrected chi connectivity index (χ1v) is 10.4. The fraction of sp³-hybridized carbons (Fsp3) is 0.435. The van der Waals surface area contributed by atoms with Crippen molar-refractivity contribution in [3.05, 3.63) is 59.4 Å². The molecule has 2 aromatic rings. The number of amides is 1. The number of piperidine rings is 1. The van der Waals surface area contributed by atoms with E-state index in [1.807, 2.05) is 23.1 Å². The molecule has 0 unspecified atom stereocenters. The lowest BCUT2D eigenvalue weighted by Crippen LogP contribution is -2.36. The Kier molecular flexibility index (Phi) is 6.42. The Morgan fingerprint density at radius 3 is 2.59 bits per heavy atom. The van der Waals surface area contributed by atoms with Gasteiger partial charge in [-0.15, -0.1) is 0 Å². The predicted octanol–water partition coefficient (Wildman–Crippen LogP) is 3.90. The highest BCUT2D eigenvalue weighted by atomic mass is 19.1. The van der Waals surface area contributed by atoms with Gasteiger partial charge in [0.15, 0.2) is 0 Å². The number of benzene rings is 2. The maximum absolute atomic E-state index is 14.3. The first kappa shape index (κ1) is 19.9. The maximum atomic E-state index is 14.3. The Labute approximate surface area is 171 Å². The summed E-state index contributed by atoms with van der Waals surface area (Å²) in [6.45, 7) is 5.57. The molecule has 4 rings (SSSR count). The van der Waals surface area contributed by atoms with E-state index in [1.54, 1.807) is 12.1 Å². The van der Waals surface area contributed by atoms with Crippen LogP contribution in [0, 0.1) is 5.82 Å². The van der Waals surface area contributed by atoms with Gasteiger partial charge >= 0.3 is 0 Å². The highest BCUT2D eigenvalue weighted by molar-refractivity contribution is 6.04. The standard InChI is InChI=1S/C23H28FN3O2/c24-21-8-7-20(16-22(21)27-11-13-29-14-12-27)25-23(28)19-6-4-5-18(15-19)17-26-9-2-1-3-10-26/h4-8,15-16H,1-3,9-14,17H2,(H,25,28). The van der Waals surface area contributed by atoms with Crippen molar-refractivity contribution in [2.45, 2.75) is 25.8 Å². The smallest absolute Gasteiger partial charge is 0.255 e. The topological polar surface area (TPSA) is 44.8 Å². The Hall–Kier alpha value is -2.44. The molecular weight excluding hydrogens is 369 g/mol. The Balaban J connectivity index is 1.44. The molecule has 0 bridgehead atoms. The number of anilines is 2. The molecule has 0 aliphatic carbocycles. The maximum Gasteiger partial charge on any atom is 0.255 e. The van der Waals surface area contributed by atoms with Crippen molar-refractivity contribution in [2.24, 2.45) is 0 Å². The molecule has 0 aromatic heterocycles. The molecule has 2 aliphatic rings. The van der Waals surface area contributed by atoms with Crippen molar-refractivity contribution < 1.29 is 13.9 Å². The molecule has 0 spiro atoms. The molecule has 29 heavy (non-hydrogen) atoms. The first-order valence-electron chi connectivity index (χ1n) is 10.4. The van der Waals surface area contributed by atoms with Crippen LogP contribution in [0.15, 0.2) is 42.5 Å². The minimum absolute atomic E-state index is 0.176. The second kappa shape index (κ2) is 9.37. The van der Waals surface area contributed by atoms with Crippen LogP contribution in [0.1, 0.15) is 35.2 Å². The third-order valence-corrected chi connectivity index (χ3v) is 5.60. The molecule has 0 saturated carbocycles. The molecule has 2 heterocycles. The molecule has 2 fully saturated rings. The summed E-state index contributed by atoms with van der Waals surface area (Å²) in [6.07, 6.45) is 3.80. The zero-order chi connectivity index (χ0) is 20.1. The second-order valence-electron chi connectivity index (χ2n) is 7.76. The zero-order valence-electron chi connectivity index (χ0n) is 16.7. The van der Waals surface area contributed by atoms with Gasteiger partial charge in [0.05, 0.1) is 18.9 Å². The van der Waals surface area contributed by atoms with E-state index in [4.69, 9.17) is 4.74 Å². The average Bonchev–Trinajstić information content (AvgIpc) is 2.76. The van der Waals surface area contributed by atoms with E-state index in [0.717, 1.165) is 25.2 Å². The summed E-state index contributed by atoms with van der Waals surface area (Å²) >= 11 is 0. The lowest BCUT2D eigenvalue weighted by Gasteiger charge is -2.29. The third-order valence-electron chi connectivity index (χ3n) is 5.60. The number of likely N-dealkylation sites (tertiary alicyclic amines) is 1. The third kappa shape index (κ3) is 5.14. The van der Waals surface area contributed by atoms with E-state index in [2.05, 4.69) is 16.3 Å². The van der Waals surface area contributed by atoms with Gasteiger partial charge in [-0.3, -0.25) is 9.69 Å². The Bertz CT molecular complexity index is 846.